The SMILES string of the molecule is CCNCCCn1cc(C2=C(c3c[nH]c4ccc(C(F)(F)F)cc34)C(=O)NC2=O)c2cc(C(F)(F)F)ccc21. The first-order valence-corrected chi connectivity index (χ1v) is 12.1. The van der Waals surface area contributed by atoms with E-state index in [1.54, 1.807) is 4.57 Å². The van der Waals surface area contributed by atoms with Crippen molar-refractivity contribution < 1.29 is 35.9 Å². The summed E-state index contributed by atoms with van der Waals surface area (Å²) in [5, 5.41) is 5.47. The Morgan fingerprint density at radius 2 is 1.46 bits per heavy atom. The summed E-state index contributed by atoms with van der Waals surface area (Å²) in [6.07, 6.45) is -5.84. The van der Waals surface area contributed by atoms with E-state index in [0.717, 1.165) is 30.8 Å². The lowest BCUT2D eigenvalue weighted by atomic mass is 9.94. The van der Waals surface area contributed by atoms with Crippen molar-refractivity contribution in [2.75, 3.05) is 13.1 Å². The van der Waals surface area contributed by atoms with Crippen LogP contribution in [0.15, 0.2) is 48.8 Å². The van der Waals surface area contributed by atoms with Crippen LogP contribution in [0, 0.1) is 0 Å². The zero-order valence-corrected chi connectivity index (χ0v) is 20.5. The summed E-state index contributed by atoms with van der Waals surface area (Å²) in [6.45, 7) is 3.74. The van der Waals surface area contributed by atoms with E-state index in [1.807, 2.05) is 6.92 Å². The van der Waals surface area contributed by atoms with Gasteiger partial charge in [0.25, 0.3) is 11.8 Å². The summed E-state index contributed by atoms with van der Waals surface area (Å²) in [4.78, 5) is 28.9. The Bertz CT molecular complexity index is 1640. The Morgan fingerprint density at radius 3 is 2.10 bits per heavy atom. The first-order valence-electron chi connectivity index (χ1n) is 12.1. The molecule has 2 aromatic heterocycles. The smallest absolute Gasteiger partial charge is 0.361 e. The van der Waals surface area contributed by atoms with Gasteiger partial charge in [0.15, 0.2) is 0 Å². The number of hydrogen-bond acceptors (Lipinski definition) is 3. The summed E-state index contributed by atoms with van der Waals surface area (Å²) in [5.74, 6) is -1.70. The third kappa shape index (κ3) is 4.80. The second kappa shape index (κ2) is 9.60. The number of aromatic amines is 1. The molecule has 0 radical (unpaired) electrons. The summed E-state index contributed by atoms with van der Waals surface area (Å²) in [7, 11) is 0. The van der Waals surface area contributed by atoms with Crippen LogP contribution in [0.5, 0.6) is 0 Å². The Labute approximate surface area is 217 Å². The average molecular weight is 548 g/mol. The number of H-pyrrole nitrogens is 1. The number of halogens is 6. The maximum atomic E-state index is 13.6. The van der Waals surface area contributed by atoms with Gasteiger partial charge < -0.3 is 14.9 Å². The predicted molar refractivity (Wildman–Crippen MR) is 133 cm³/mol. The number of benzene rings is 2. The van der Waals surface area contributed by atoms with Gasteiger partial charge in [-0.15, -0.1) is 0 Å². The Kier molecular flexibility index (Phi) is 6.53. The number of nitrogens with one attached hydrogen (secondary N) is 3. The van der Waals surface area contributed by atoms with E-state index in [-0.39, 0.29) is 33.0 Å². The molecule has 2 aromatic carbocycles. The van der Waals surface area contributed by atoms with Crippen molar-refractivity contribution in [2.45, 2.75) is 32.2 Å². The van der Waals surface area contributed by atoms with Gasteiger partial charge in [-0.25, -0.2) is 0 Å². The van der Waals surface area contributed by atoms with Gasteiger partial charge >= 0.3 is 12.4 Å². The molecule has 12 heteroatoms. The van der Waals surface area contributed by atoms with Crippen molar-refractivity contribution in [1.82, 2.24) is 20.2 Å². The molecule has 1 aliphatic heterocycles. The molecular weight excluding hydrogens is 526 g/mol. The van der Waals surface area contributed by atoms with E-state index in [0.29, 0.717) is 30.5 Å². The monoisotopic (exact) mass is 548 g/mol. The number of aromatic nitrogens is 2. The van der Waals surface area contributed by atoms with Gasteiger partial charge in [0.2, 0.25) is 0 Å². The molecule has 0 saturated carbocycles. The van der Waals surface area contributed by atoms with Crippen LogP contribution in [-0.2, 0) is 28.5 Å². The number of hydrogen-bond donors (Lipinski definition) is 3. The molecule has 0 bridgehead atoms. The van der Waals surface area contributed by atoms with Gasteiger partial charge in [-0.2, -0.15) is 26.3 Å². The van der Waals surface area contributed by atoms with Crippen LogP contribution in [0.2, 0.25) is 0 Å². The predicted octanol–water partition coefficient (Wildman–Crippen LogP) is 5.73. The van der Waals surface area contributed by atoms with E-state index < -0.39 is 35.3 Å². The number of aryl methyl sites for hydroxylation is 1. The molecule has 39 heavy (non-hydrogen) atoms. The van der Waals surface area contributed by atoms with E-state index in [1.165, 1.54) is 24.5 Å². The molecule has 0 atom stereocenters. The average Bonchev–Trinajstić information content (AvgIpc) is 3.52. The van der Waals surface area contributed by atoms with Crippen molar-refractivity contribution >= 4 is 44.8 Å². The molecule has 2 amide bonds. The minimum atomic E-state index is -4.66. The molecule has 4 aromatic rings. The van der Waals surface area contributed by atoms with E-state index in [4.69, 9.17) is 0 Å². The van der Waals surface area contributed by atoms with Crippen LogP contribution >= 0.6 is 0 Å². The highest BCUT2D eigenvalue weighted by molar-refractivity contribution is 6.50. The van der Waals surface area contributed by atoms with Crippen LogP contribution in [-0.4, -0.2) is 34.5 Å². The molecule has 0 spiro atoms. The fourth-order valence-corrected chi connectivity index (χ4v) is 4.88. The molecule has 6 nitrogen and oxygen atoms in total. The highest BCUT2D eigenvalue weighted by atomic mass is 19.4. The van der Waals surface area contributed by atoms with Gasteiger partial charge in [-0.3, -0.25) is 14.9 Å². The number of rotatable bonds is 7. The fraction of sp³-hybridized carbons (Fsp3) is 0.259. The molecule has 0 unspecified atom stereocenters. The molecular formula is C27H22F6N4O2. The van der Waals surface area contributed by atoms with E-state index >= 15 is 0 Å². The van der Waals surface area contributed by atoms with Gasteiger partial charge in [0, 0.05) is 51.9 Å². The number of carbonyl (C=O) groups excluding carboxylic acids is 2. The fourth-order valence-electron chi connectivity index (χ4n) is 4.88. The van der Waals surface area contributed by atoms with Crippen LogP contribution < -0.4 is 10.6 Å². The minimum Gasteiger partial charge on any atom is -0.361 e. The van der Waals surface area contributed by atoms with Crippen molar-refractivity contribution in [3.8, 4) is 0 Å². The summed E-state index contributed by atoms with van der Waals surface area (Å²) < 4.78 is 82.8. The zero-order chi connectivity index (χ0) is 28.1. The Hall–Kier alpha value is -4.06. The minimum absolute atomic E-state index is 0.0365. The number of fused-ring (bicyclic) bond motifs is 2. The van der Waals surface area contributed by atoms with Crippen LogP contribution in [0.25, 0.3) is 33.0 Å². The summed E-state index contributed by atoms with van der Waals surface area (Å²) in [6, 6.07) is 6.14. The topological polar surface area (TPSA) is 78.9 Å². The largest absolute Gasteiger partial charge is 0.416 e. The third-order valence-electron chi connectivity index (χ3n) is 6.69. The molecule has 204 valence electrons. The molecule has 3 N–H and O–H groups in total. The normalized spacial score (nSPS) is 14.7. The maximum absolute atomic E-state index is 13.6. The van der Waals surface area contributed by atoms with Gasteiger partial charge in [0.05, 0.1) is 22.3 Å². The number of carbonyl (C=O) groups is 2. The number of imide groups is 1. The van der Waals surface area contributed by atoms with Gasteiger partial charge in [0.1, 0.15) is 0 Å². The quantitative estimate of drug-likeness (QED) is 0.157. The van der Waals surface area contributed by atoms with E-state index in [2.05, 4.69) is 15.6 Å². The molecule has 1 aliphatic rings. The maximum Gasteiger partial charge on any atom is 0.416 e. The molecule has 3 heterocycles. The molecule has 0 saturated heterocycles. The number of amides is 2. The molecule has 0 aliphatic carbocycles. The van der Waals surface area contributed by atoms with Crippen molar-refractivity contribution in [2.24, 2.45) is 0 Å². The van der Waals surface area contributed by atoms with Gasteiger partial charge in [-0.05, 0) is 55.9 Å². The van der Waals surface area contributed by atoms with Crippen molar-refractivity contribution in [3.05, 3.63) is 71.0 Å². The zero-order valence-electron chi connectivity index (χ0n) is 20.5. The standard InChI is InChI=1S/C27H22F6N4O2/c1-2-34-8-3-9-37-13-19(17-11-15(27(31,32)33)5-7-21(17)37)23-22(24(38)36-25(23)39)18-12-35-20-6-4-14(10-16(18)20)26(28,29)30/h4-7,10-13,34-35H,2-3,8-9H2,1H3,(H,36,38,39). The third-order valence-corrected chi connectivity index (χ3v) is 6.69. The lowest BCUT2D eigenvalue weighted by Crippen LogP contribution is -2.22. The van der Waals surface area contributed by atoms with Gasteiger partial charge in [-0.1, -0.05) is 6.92 Å². The summed E-state index contributed by atoms with van der Waals surface area (Å²) >= 11 is 0. The number of nitrogens with zero attached hydrogens (tertiary/aromatic N) is 1. The Balaban J connectivity index is 1.75. The van der Waals surface area contributed by atoms with Crippen LogP contribution in [0.1, 0.15) is 35.6 Å². The first-order chi connectivity index (χ1) is 18.4. The molecule has 0 fully saturated rings. The highest BCUT2D eigenvalue weighted by Gasteiger charge is 2.37. The van der Waals surface area contributed by atoms with Crippen LogP contribution in [0.4, 0.5) is 26.3 Å². The molecule has 5 rings (SSSR count). The van der Waals surface area contributed by atoms with Crippen molar-refractivity contribution in [1.29, 1.82) is 0 Å². The van der Waals surface area contributed by atoms with Crippen molar-refractivity contribution in [3.63, 3.8) is 0 Å². The first kappa shape index (κ1) is 26.5. The highest BCUT2D eigenvalue weighted by Crippen LogP contribution is 2.41. The Morgan fingerprint density at radius 1 is 0.846 bits per heavy atom. The second-order valence-electron chi connectivity index (χ2n) is 9.17. The number of alkyl halides is 6. The lowest BCUT2D eigenvalue weighted by molar-refractivity contribution is -0.138. The lowest BCUT2D eigenvalue weighted by Gasteiger charge is -2.09. The summed E-state index contributed by atoms with van der Waals surface area (Å²) in [5.41, 5.74) is -1.46. The second-order valence-corrected chi connectivity index (χ2v) is 9.17. The van der Waals surface area contributed by atoms with Crippen LogP contribution in [0.3, 0.4) is 0 Å². The van der Waals surface area contributed by atoms with E-state index in [9.17, 15) is 35.9 Å².